The van der Waals surface area contributed by atoms with E-state index in [-0.39, 0.29) is 5.78 Å². The van der Waals surface area contributed by atoms with Crippen LogP contribution in [0.5, 0.6) is 5.75 Å². The molecule has 2 aromatic rings. The number of ketones is 1. The van der Waals surface area contributed by atoms with Crippen molar-refractivity contribution >= 4 is 5.78 Å². The standard InChI is InChI=1S/C19H21NO2/c1-14(21)16-7-8-19(22-2)18(11-16)13-20-10-9-15-5-3-4-6-17(15)12-20/h3-8,11H,9-10,12-13H2,1-2H3. The third-order valence-electron chi connectivity index (χ3n) is 4.29. The lowest BCUT2D eigenvalue weighted by Gasteiger charge is -2.29. The van der Waals surface area contributed by atoms with Crippen molar-refractivity contribution in [2.45, 2.75) is 26.4 Å². The molecule has 1 heterocycles. The van der Waals surface area contributed by atoms with Crippen LogP contribution in [0, 0.1) is 0 Å². The topological polar surface area (TPSA) is 29.5 Å². The minimum Gasteiger partial charge on any atom is -0.496 e. The maximum Gasteiger partial charge on any atom is 0.159 e. The summed E-state index contributed by atoms with van der Waals surface area (Å²) >= 11 is 0. The van der Waals surface area contributed by atoms with Crippen molar-refractivity contribution in [1.29, 1.82) is 0 Å². The van der Waals surface area contributed by atoms with Crippen LogP contribution in [0.2, 0.25) is 0 Å². The van der Waals surface area contributed by atoms with Gasteiger partial charge >= 0.3 is 0 Å². The summed E-state index contributed by atoms with van der Waals surface area (Å²) in [5.41, 5.74) is 4.67. The van der Waals surface area contributed by atoms with E-state index in [2.05, 4.69) is 29.2 Å². The molecule has 0 aliphatic carbocycles. The summed E-state index contributed by atoms with van der Waals surface area (Å²) in [5, 5.41) is 0. The molecule has 3 nitrogen and oxygen atoms in total. The van der Waals surface area contributed by atoms with Crippen molar-refractivity contribution in [2.24, 2.45) is 0 Å². The molecule has 0 saturated carbocycles. The highest BCUT2D eigenvalue weighted by atomic mass is 16.5. The van der Waals surface area contributed by atoms with Gasteiger partial charge in [0.2, 0.25) is 0 Å². The Hall–Kier alpha value is -2.13. The summed E-state index contributed by atoms with van der Waals surface area (Å²) in [4.78, 5) is 14.0. The van der Waals surface area contributed by atoms with Gasteiger partial charge in [0.25, 0.3) is 0 Å². The molecule has 0 N–H and O–H groups in total. The summed E-state index contributed by atoms with van der Waals surface area (Å²) in [6.07, 6.45) is 1.07. The Labute approximate surface area is 131 Å². The number of hydrogen-bond acceptors (Lipinski definition) is 3. The number of methoxy groups -OCH3 is 1. The van der Waals surface area contributed by atoms with Crippen LogP contribution >= 0.6 is 0 Å². The fourth-order valence-electron chi connectivity index (χ4n) is 3.05. The smallest absolute Gasteiger partial charge is 0.159 e. The summed E-state index contributed by atoms with van der Waals surface area (Å²) in [5.74, 6) is 0.941. The summed E-state index contributed by atoms with van der Waals surface area (Å²) < 4.78 is 5.45. The van der Waals surface area contributed by atoms with Crippen molar-refractivity contribution in [3.8, 4) is 5.75 Å². The Balaban J connectivity index is 1.81. The van der Waals surface area contributed by atoms with Gasteiger partial charge in [0, 0.05) is 30.8 Å². The van der Waals surface area contributed by atoms with Crippen LogP contribution in [0.1, 0.15) is 34.0 Å². The number of carbonyl (C=O) groups is 1. The van der Waals surface area contributed by atoms with Crippen molar-refractivity contribution in [2.75, 3.05) is 13.7 Å². The van der Waals surface area contributed by atoms with Gasteiger partial charge in [-0.3, -0.25) is 9.69 Å². The highest BCUT2D eigenvalue weighted by Crippen LogP contribution is 2.25. The van der Waals surface area contributed by atoms with E-state index in [4.69, 9.17) is 4.74 Å². The monoisotopic (exact) mass is 295 g/mol. The van der Waals surface area contributed by atoms with E-state index in [1.807, 2.05) is 18.2 Å². The SMILES string of the molecule is COc1ccc(C(C)=O)cc1CN1CCc2ccccc2C1. The van der Waals surface area contributed by atoms with Gasteiger partial charge in [-0.2, -0.15) is 0 Å². The van der Waals surface area contributed by atoms with Crippen molar-refractivity contribution in [3.63, 3.8) is 0 Å². The number of Topliss-reactive ketones (excluding diaryl/α,β-unsaturated/α-hetero) is 1. The first kappa shape index (κ1) is 14.8. The second-order valence-electron chi connectivity index (χ2n) is 5.81. The van der Waals surface area contributed by atoms with Gasteiger partial charge in [-0.15, -0.1) is 0 Å². The highest BCUT2D eigenvalue weighted by molar-refractivity contribution is 5.94. The molecule has 22 heavy (non-hydrogen) atoms. The lowest BCUT2D eigenvalue weighted by molar-refractivity contribution is 0.101. The molecule has 0 spiro atoms. The predicted octanol–water partition coefficient (Wildman–Crippen LogP) is 3.46. The molecular weight excluding hydrogens is 274 g/mol. The number of rotatable bonds is 4. The second kappa shape index (κ2) is 6.32. The fourth-order valence-corrected chi connectivity index (χ4v) is 3.05. The molecule has 2 aromatic carbocycles. The average molecular weight is 295 g/mol. The molecule has 0 unspecified atom stereocenters. The average Bonchev–Trinajstić information content (AvgIpc) is 2.54. The first-order chi connectivity index (χ1) is 10.7. The van der Waals surface area contributed by atoms with Crippen LogP contribution in [0.25, 0.3) is 0 Å². The van der Waals surface area contributed by atoms with Gasteiger partial charge in [0.05, 0.1) is 7.11 Å². The number of hydrogen-bond donors (Lipinski definition) is 0. The van der Waals surface area contributed by atoms with Gasteiger partial charge in [0.15, 0.2) is 5.78 Å². The van der Waals surface area contributed by atoms with Gasteiger partial charge in [-0.05, 0) is 42.7 Å². The highest BCUT2D eigenvalue weighted by Gasteiger charge is 2.17. The van der Waals surface area contributed by atoms with Crippen LogP contribution in [-0.2, 0) is 19.5 Å². The molecule has 0 radical (unpaired) electrons. The van der Waals surface area contributed by atoms with Crippen LogP contribution in [-0.4, -0.2) is 24.3 Å². The zero-order chi connectivity index (χ0) is 15.5. The molecule has 0 bridgehead atoms. The lowest BCUT2D eigenvalue weighted by Crippen LogP contribution is -2.30. The first-order valence-corrected chi connectivity index (χ1v) is 7.64. The summed E-state index contributed by atoms with van der Waals surface area (Å²) in [6, 6.07) is 14.3. The molecular formula is C19H21NO2. The van der Waals surface area contributed by atoms with E-state index >= 15 is 0 Å². The van der Waals surface area contributed by atoms with Crippen molar-refractivity contribution in [3.05, 3.63) is 64.7 Å². The number of carbonyl (C=O) groups excluding carboxylic acids is 1. The van der Waals surface area contributed by atoms with Crippen LogP contribution in [0.4, 0.5) is 0 Å². The molecule has 0 atom stereocenters. The van der Waals surface area contributed by atoms with Crippen molar-refractivity contribution in [1.82, 2.24) is 4.90 Å². The Morgan fingerprint density at radius 2 is 1.95 bits per heavy atom. The molecule has 0 aromatic heterocycles. The molecule has 3 heteroatoms. The quantitative estimate of drug-likeness (QED) is 0.809. The van der Waals surface area contributed by atoms with E-state index in [0.717, 1.165) is 42.9 Å². The molecule has 0 saturated heterocycles. The maximum atomic E-state index is 11.6. The van der Waals surface area contributed by atoms with Gasteiger partial charge in [0.1, 0.15) is 5.75 Å². The van der Waals surface area contributed by atoms with Gasteiger partial charge < -0.3 is 4.74 Å². The summed E-state index contributed by atoms with van der Waals surface area (Å²) in [6.45, 7) is 4.38. The zero-order valence-electron chi connectivity index (χ0n) is 13.1. The molecule has 0 amide bonds. The van der Waals surface area contributed by atoms with E-state index < -0.39 is 0 Å². The van der Waals surface area contributed by atoms with Gasteiger partial charge in [-0.1, -0.05) is 24.3 Å². The Kier molecular flexibility index (Phi) is 4.25. The second-order valence-corrected chi connectivity index (χ2v) is 5.81. The third-order valence-corrected chi connectivity index (χ3v) is 4.29. The molecule has 1 aliphatic heterocycles. The number of benzene rings is 2. The van der Waals surface area contributed by atoms with Gasteiger partial charge in [-0.25, -0.2) is 0 Å². The van der Waals surface area contributed by atoms with E-state index in [1.165, 1.54) is 11.1 Å². The molecule has 1 aliphatic rings. The fraction of sp³-hybridized carbons (Fsp3) is 0.316. The van der Waals surface area contributed by atoms with Crippen molar-refractivity contribution < 1.29 is 9.53 Å². The first-order valence-electron chi connectivity index (χ1n) is 7.64. The third kappa shape index (κ3) is 3.04. The number of nitrogens with zero attached hydrogens (tertiary/aromatic N) is 1. The van der Waals surface area contributed by atoms with Crippen LogP contribution < -0.4 is 4.74 Å². The van der Waals surface area contributed by atoms with Crippen LogP contribution in [0.15, 0.2) is 42.5 Å². The number of ether oxygens (including phenoxy) is 1. The van der Waals surface area contributed by atoms with Crippen LogP contribution in [0.3, 0.4) is 0 Å². The van der Waals surface area contributed by atoms with E-state index in [1.54, 1.807) is 14.0 Å². The minimum absolute atomic E-state index is 0.0906. The Bertz CT molecular complexity index is 694. The molecule has 0 fully saturated rings. The summed E-state index contributed by atoms with van der Waals surface area (Å²) in [7, 11) is 1.68. The Morgan fingerprint density at radius 3 is 2.68 bits per heavy atom. The maximum absolute atomic E-state index is 11.6. The number of fused-ring (bicyclic) bond motifs is 1. The minimum atomic E-state index is 0.0906. The molecule has 114 valence electrons. The Morgan fingerprint density at radius 1 is 1.18 bits per heavy atom. The zero-order valence-corrected chi connectivity index (χ0v) is 13.1. The van der Waals surface area contributed by atoms with E-state index in [9.17, 15) is 4.79 Å². The molecule has 3 rings (SSSR count). The largest absolute Gasteiger partial charge is 0.496 e. The lowest BCUT2D eigenvalue weighted by atomic mass is 9.99. The van der Waals surface area contributed by atoms with E-state index in [0.29, 0.717) is 0 Å². The normalized spacial score (nSPS) is 14.5. The predicted molar refractivity (Wildman–Crippen MR) is 87.3 cm³/mol.